The van der Waals surface area contributed by atoms with Crippen molar-refractivity contribution in [1.82, 2.24) is 4.90 Å². The number of hydrogen-bond acceptors (Lipinski definition) is 5. The van der Waals surface area contributed by atoms with Gasteiger partial charge in [0.25, 0.3) is 11.7 Å². The maximum absolute atomic E-state index is 13.4. The lowest BCUT2D eigenvalue weighted by Crippen LogP contribution is -2.40. The maximum Gasteiger partial charge on any atom is 0.295 e. The quantitative estimate of drug-likeness (QED) is 0.228. The lowest BCUT2D eigenvalue weighted by molar-refractivity contribution is -0.141. The highest BCUT2D eigenvalue weighted by molar-refractivity contribution is 6.46. The fraction of sp³-hybridized carbons (Fsp3) is 0.312. The van der Waals surface area contributed by atoms with Crippen LogP contribution in [0.1, 0.15) is 60.4 Å². The van der Waals surface area contributed by atoms with Gasteiger partial charge >= 0.3 is 0 Å². The molecule has 0 radical (unpaired) electrons. The fourth-order valence-corrected chi connectivity index (χ4v) is 5.55. The molecule has 1 N–H and O–H groups in total. The molecule has 0 spiro atoms. The van der Waals surface area contributed by atoms with Crippen LogP contribution in [0.5, 0.6) is 11.5 Å². The van der Waals surface area contributed by atoms with E-state index in [4.69, 9.17) is 9.47 Å². The molecule has 3 aromatic carbocycles. The summed E-state index contributed by atoms with van der Waals surface area (Å²) in [7, 11) is 1.60. The smallest absolute Gasteiger partial charge is 0.295 e. The van der Waals surface area contributed by atoms with Crippen LogP contribution in [0.4, 0.5) is 0 Å². The van der Waals surface area contributed by atoms with Crippen LogP contribution < -0.4 is 9.47 Å². The van der Waals surface area contributed by atoms with Gasteiger partial charge in [-0.2, -0.15) is 0 Å². The van der Waals surface area contributed by atoms with Crippen LogP contribution in [0.3, 0.4) is 0 Å². The van der Waals surface area contributed by atoms with E-state index >= 15 is 0 Å². The number of likely N-dealkylation sites (tertiary alicyclic amines) is 1. The Labute approximate surface area is 223 Å². The fourth-order valence-electron chi connectivity index (χ4n) is 5.55. The van der Waals surface area contributed by atoms with Gasteiger partial charge in [-0.05, 0) is 66.8 Å². The van der Waals surface area contributed by atoms with E-state index in [-0.39, 0.29) is 17.4 Å². The van der Waals surface area contributed by atoms with Crippen molar-refractivity contribution >= 4 is 17.4 Å². The molecule has 2 aliphatic rings. The molecule has 1 aliphatic carbocycles. The highest BCUT2D eigenvalue weighted by atomic mass is 16.5. The molecule has 1 atom stereocenters. The molecule has 1 saturated carbocycles. The predicted octanol–water partition coefficient (Wildman–Crippen LogP) is 6.34. The third-order valence-corrected chi connectivity index (χ3v) is 7.57. The first-order valence-electron chi connectivity index (χ1n) is 13.2. The molecule has 1 unspecified atom stereocenters. The van der Waals surface area contributed by atoms with E-state index in [1.165, 1.54) is 0 Å². The van der Waals surface area contributed by atoms with Gasteiger partial charge < -0.3 is 19.5 Å². The zero-order chi connectivity index (χ0) is 26.6. The number of ketones is 1. The van der Waals surface area contributed by atoms with Crippen molar-refractivity contribution in [3.05, 3.63) is 101 Å². The number of aliphatic hydroxyl groups excluding tert-OH is 1. The normalized spacial score (nSPS) is 19.5. The lowest BCUT2D eigenvalue weighted by Gasteiger charge is -2.35. The predicted molar refractivity (Wildman–Crippen MR) is 146 cm³/mol. The first-order chi connectivity index (χ1) is 18.5. The average Bonchev–Trinajstić information content (AvgIpc) is 3.23. The van der Waals surface area contributed by atoms with Gasteiger partial charge in [0, 0.05) is 11.6 Å². The maximum atomic E-state index is 13.4. The van der Waals surface area contributed by atoms with Crippen molar-refractivity contribution in [3.63, 3.8) is 0 Å². The molecular weight excluding hydrogens is 478 g/mol. The van der Waals surface area contributed by atoms with Crippen molar-refractivity contribution in [3.8, 4) is 11.5 Å². The molecule has 1 heterocycles. The largest absolute Gasteiger partial charge is 0.507 e. The number of aliphatic hydroxyl groups is 1. The highest BCUT2D eigenvalue weighted by Crippen LogP contribution is 2.43. The Bertz CT molecular complexity index is 1340. The minimum atomic E-state index is -0.654. The van der Waals surface area contributed by atoms with Gasteiger partial charge in [0.15, 0.2) is 0 Å². The summed E-state index contributed by atoms with van der Waals surface area (Å²) in [5.41, 5.74) is 3.27. The number of Topliss-reactive ketones (excluding diaryl/α,β-unsaturated/α-hetero) is 1. The summed E-state index contributed by atoms with van der Waals surface area (Å²) in [5, 5.41) is 11.5. The van der Waals surface area contributed by atoms with Crippen LogP contribution in [0.2, 0.25) is 0 Å². The van der Waals surface area contributed by atoms with Crippen LogP contribution >= 0.6 is 0 Å². The van der Waals surface area contributed by atoms with E-state index in [1.807, 2.05) is 61.5 Å². The second-order valence-electron chi connectivity index (χ2n) is 10.0. The monoisotopic (exact) mass is 511 g/mol. The molecule has 2 fully saturated rings. The Morgan fingerprint density at radius 1 is 0.947 bits per heavy atom. The van der Waals surface area contributed by atoms with Crippen LogP contribution in [0.25, 0.3) is 5.76 Å². The first-order valence-corrected chi connectivity index (χ1v) is 13.2. The van der Waals surface area contributed by atoms with Crippen molar-refractivity contribution in [1.29, 1.82) is 0 Å². The topological polar surface area (TPSA) is 76.1 Å². The molecule has 5 rings (SSSR count). The second kappa shape index (κ2) is 11.1. The third-order valence-electron chi connectivity index (χ3n) is 7.57. The van der Waals surface area contributed by atoms with E-state index < -0.39 is 17.7 Å². The summed E-state index contributed by atoms with van der Waals surface area (Å²) in [6, 6.07) is 21.9. The van der Waals surface area contributed by atoms with Gasteiger partial charge in [0.1, 0.15) is 23.9 Å². The SMILES string of the molecule is COc1ccc(C2/C(=C(/O)c3ccc(OCc4ccccc4)c(C)c3)C(=O)C(=O)N2C2CCCCC2)cc1. The molecule has 6 heteroatoms. The van der Waals surface area contributed by atoms with Gasteiger partial charge in [0.2, 0.25) is 0 Å². The Hall–Kier alpha value is -4.06. The number of carbonyl (C=O) groups excluding carboxylic acids is 2. The lowest BCUT2D eigenvalue weighted by atomic mass is 9.91. The Morgan fingerprint density at radius 2 is 1.66 bits per heavy atom. The second-order valence-corrected chi connectivity index (χ2v) is 10.0. The Kier molecular flexibility index (Phi) is 7.50. The molecule has 0 aromatic heterocycles. The number of amides is 1. The van der Waals surface area contributed by atoms with E-state index in [0.29, 0.717) is 23.7 Å². The number of rotatable bonds is 7. The molecule has 1 aliphatic heterocycles. The number of aryl methyl sites for hydroxylation is 1. The average molecular weight is 512 g/mol. The molecule has 38 heavy (non-hydrogen) atoms. The van der Waals surface area contributed by atoms with E-state index in [0.717, 1.165) is 48.8 Å². The van der Waals surface area contributed by atoms with Gasteiger partial charge in [0.05, 0.1) is 18.7 Å². The molecular formula is C32H33NO5. The minimum absolute atomic E-state index is 0.0342. The summed E-state index contributed by atoms with van der Waals surface area (Å²) < 4.78 is 11.3. The Morgan fingerprint density at radius 3 is 2.32 bits per heavy atom. The number of benzene rings is 3. The van der Waals surface area contributed by atoms with E-state index in [2.05, 4.69) is 0 Å². The zero-order valence-electron chi connectivity index (χ0n) is 21.9. The van der Waals surface area contributed by atoms with E-state index in [9.17, 15) is 14.7 Å². The Balaban J connectivity index is 1.51. The van der Waals surface area contributed by atoms with Crippen LogP contribution in [-0.4, -0.2) is 34.8 Å². The van der Waals surface area contributed by atoms with Crippen molar-refractivity contribution in [2.45, 2.75) is 57.7 Å². The standard InChI is InChI=1S/C32H33NO5/c1-21-19-24(15-18-27(21)38-20-22-9-5-3-6-10-22)30(34)28-29(23-13-16-26(37-2)17-14-23)33(32(36)31(28)35)25-11-7-4-8-12-25/h3,5-6,9-10,13-19,25,29,34H,4,7-8,11-12,20H2,1-2H3/b30-28-. The molecule has 196 valence electrons. The number of nitrogens with zero attached hydrogens (tertiary/aromatic N) is 1. The first kappa shape index (κ1) is 25.6. The number of methoxy groups -OCH3 is 1. The van der Waals surface area contributed by atoms with Crippen LogP contribution in [0.15, 0.2) is 78.4 Å². The summed E-state index contributed by atoms with van der Waals surface area (Å²) in [5.74, 6) is 0.0276. The summed E-state index contributed by atoms with van der Waals surface area (Å²) in [6.07, 6.45) is 4.88. The van der Waals surface area contributed by atoms with E-state index in [1.54, 1.807) is 30.2 Å². The van der Waals surface area contributed by atoms with Crippen molar-refractivity contribution < 1.29 is 24.2 Å². The van der Waals surface area contributed by atoms with Gasteiger partial charge in [-0.1, -0.05) is 61.7 Å². The number of ether oxygens (including phenoxy) is 2. The molecule has 3 aromatic rings. The van der Waals surface area contributed by atoms with Crippen LogP contribution in [-0.2, 0) is 16.2 Å². The summed E-state index contributed by atoms with van der Waals surface area (Å²) in [6.45, 7) is 2.33. The minimum Gasteiger partial charge on any atom is -0.507 e. The van der Waals surface area contributed by atoms with Gasteiger partial charge in [-0.3, -0.25) is 9.59 Å². The van der Waals surface area contributed by atoms with Crippen molar-refractivity contribution in [2.75, 3.05) is 7.11 Å². The molecule has 1 saturated heterocycles. The molecule has 0 bridgehead atoms. The van der Waals surface area contributed by atoms with Gasteiger partial charge in [-0.25, -0.2) is 0 Å². The van der Waals surface area contributed by atoms with Gasteiger partial charge in [-0.15, -0.1) is 0 Å². The number of hydrogen-bond donors (Lipinski definition) is 1. The molecule has 6 nitrogen and oxygen atoms in total. The van der Waals surface area contributed by atoms with Crippen molar-refractivity contribution in [2.24, 2.45) is 0 Å². The number of carbonyl (C=O) groups is 2. The summed E-state index contributed by atoms with van der Waals surface area (Å²) >= 11 is 0. The highest BCUT2D eigenvalue weighted by Gasteiger charge is 2.48. The third kappa shape index (κ3) is 5.03. The molecule has 1 amide bonds. The van der Waals surface area contributed by atoms with Crippen LogP contribution in [0, 0.1) is 6.92 Å². The zero-order valence-corrected chi connectivity index (χ0v) is 21.9. The summed E-state index contributed by atoms with van der Waals surface area (Å²) in [4.78, 5) is 28.5.